The fraction of sp³-hybridized carbons (Fsp3) is 0.438. The number of amides is 2. The van der Waals surface area contributed by atoms with Gasteiger partial charge in [-0.3, -0.25) is 4.79 Å². The number of aliphatic carboxylic acids is 1. The van der Waals surface area contributed by atoms with E-state index in [1.807, 2.05) is 6.92 Å². The Balaban J connectivity index is 1.65. The van der Waals surface area contributed by atoms with E-state index >= 15 is 0 Å². The molecule has 1 aliphatic rings. The number of benzene rings is 1. The van der Waals surface area contributed by atoms with Crippen LogP contribution in [0.1, 0.15) is 25.7 Å². The normalized spacial score (nSPS) is 15.8. The molecule has 0 spiro atoms. The molecule has 2 heterocycles. The number of nitrogens with zero attached hydrogens (tertiary/aromatic N) is 2. The summed E-state index contributed by atoms with van der Waals surface area (Å²) in [6.07, 6.45) is 1.70. The summed E-state index contributed by atoms with van der Waals surface area (Å²) >= 11 is 0. The van der Waals surface area contributed by atoms with Crippen LogP contribution < -0.4 is 5.32 Å². The smallest absolute Gasteiger partial charge is 0.321 e. The summed E-state index contributed by atoms with van der Waals surface area (Å²) < 4.78 is 5.54. The van der Waals surface area contributed by atoms with Crippen LogP contribution in [0.3, 0.4) is 0 Å². The van der Waals surface area contributed by atoms with Crippen LogP contribution >= 0.6 is 0 Å². The highest BCUT2D eigenvalue weighted by atomic mass is 16.4. The molecule has 7 heteroatoms. The van der Waals surface area contributed by atoms with Gasteiger partial charge in [0.1, 0.15) is 5.52 Å². The molecule has 7 nitrogen and oxygen atoms in total. The topological polar surface area (TPSA) is 95.7 Å². The SMILES string of the molecule is CCc1nc2cc(NC(=O)N3CCC(C(=O)O)CC3)ccc2o1. The monoisotopic (exact) mass is 317 g/mol. The van der Waals surface area contributed by atoms with E-state index in [9.17, 15) is 9.59 Å². The minimum absolute atomic E-state index is 0.215. The molecule has 2 amide bonds. The van der Waals surface area contributed by atoms with Gasteiger partial charge in [-0.15, -0.1) is 0 Å². The maximum absolute atomic E-state index is 12.3. The molecule has 0 atom stereocenters. The van der Waals surface area contributed by atoms with Gasteiger partial charge in [-0.05, 0) is 31.0 Å². The molecule has 1 aromatic heterocycles. The summed E-state index contributed by atoms with van der Waals surface area (Å²) in [5, 5.41) is 11.8. The summed E-state index contributed by atoms with van der Waals surface area (Å²) in [5.74, 6) is -0.467. The number of carboxylic acid groups (broad SMARTS) is 1. The highest BCUT2D eigenvalue weighted by molar-refractivity contribution is 5.91. The van der Waals surface area contributed by atoms with Crippen molar-refractivity contribution in [3.8, 4) is 0 Å². The van der Waals surface area contributed by atoms with Crippen molar-refractivity contribution >= 4 is 28.8 Å². The third-order valence-electron chi connectivity index (χ3n) is 4.12. The number of fused-ring (bicyclic) bond motifs is 1. The molecule has 0 bridgehead atoms. The second-order valence-electron chi connectivity index (χ2n) is 5.67. The lowest BCUT2D eigenvalue weighted by Gasteiger charge is -2.30. The lowest BCUT2D eigenvalue weighted by atomic mass is 9.97. The number of urea groups is 1. The fourth-order valence-electron chi connectivity index (χ4n) is 2.74. The number of hydrogen-bond acceptors (Lipinski definition) is 4. The van der Waals surface area contributed by atoms with Crippen molar-refractivity contribution in [3.63, 3.8) is 0 Å². The van der Waals surface area contributed by atoms with Gasteiger partial charge in [0.15, 0.2) is 11.5 Å². The average Bonchev–Trinajstić information content (AvgIpc) is 2.97. The lowest BCUT2D eigenvalue weighted by Crippen LogP contribution is -2.42. The molecule has 1 saturated heterocycles. The van der Waals surface area contributed by atoms with Crippen LogP contribution in [-0.4, -0.2) is 40.1 Å². The second kappa shape index (κ2) is 6.28. The number of carbonyl (C=O) groups excluding carboxylic acids is 1. The van der Waals surface area contributed by atoms with Gasteiger partial charge >= 0.3 is 12.0 Å². The van der Waals surface area contributed by atoms with Crippen LogP contribution in [-0.2, 0) is 11.2 Å². The van der Waals surface area contributed by atoms with E-state index < -0.39 is 5.97 Å². The van der Waals surface area contributed by atoms with Gasteiger partial charge in [0.05, 0.1) is 5.92 Å². The van der Waals surface area contributed by atoms with Gasteiger partial charge in [0.2, 0.25) is 0 Å². The van der Waals surface area contributed by atoms with Gasteiger partial charge < -0.3 is 19.7 Å². The fourth-order valence-corrected chi connectivity index (χ4v) is 2.74. The van der Waals surface area contributed by atoms with Crippen molar-refractivity contribution < 1.29 is 19.1 Å². The molecule has 23 heavy (non-hydrogen) atoms. The third kappa shape index (κ3) is 3.28. The molecule has 2 aromatic rings. The summed E-state index contributed by atoms with van der Waals surface area (Å²) in [6, 6.07) is 5.12. The van der Waals surface area contributed by atoms with E-state index in [2.05, 4.69) is 10.3 Å². The van der Waals surface area contributed by atoms with Crippen molar-refractivity contribution in [3.05, 3.63) is 24.1 Å². The molecule has 2 N–H and O–H groups in total. The number of aromatic nitrogens is 1. The molecule has 0 unspecified atom stereocenters. The molecule has 3 rings (SSSR count). The van der Waals surface area contributed by atoms with Gasteiger partial charge in [0, 0.05) is 25.2 Å². The first-order valence-corrected chi connectivity index (χ1v) is 7.75. The zero-order chi connectivity index (χ0) is 16.4. The Labute approximate surface area is 133 Å². The Morgan fingerprint density at radius 1 is 1.39 bits per heavy atom. The first kappa shape index (κ1) is 15.3. The number of nitrogens with one attached hydrogen (secondary N) is 1. The van der Waals surface area contributed by atoms with Gasteiger partial charge in [-0.1, -0.05) is 6.92 Å². The van der Waals surface area contributed by atoms with Gasteiger partial charge in [-0.25, -0.2) is 9.78 Å². The maximum atomic E-state index is 12.3. The zero-order valence-corrected chi connectivity index (χ0v) is 12.9. The number of hydrogen-bond donors (Lipinski definition) is 2. The molecule has 0 aliphatic carbocycles. The van der Waals surface area contributed by atoms with E-state index in [4.69, 9.17) is 9.52 Å². The van der Waals surface area contributed by atoms with E-state index in [1.54, 1.807) is 23.1 Å². The van der Waals surface area contributed by atoms with Crippen molar-refractivity contribution in [2.45, 2.75) is 26.2 Å². The van der Waals surface area contributed by atoms with E-state index in [-0.39, 0.29) is 11.9 Å². The van der Waals surface area contributed by atoms with E-state index in [1.165, 1.54) is 0 Å². The summed E-state index contributed by atoms with van der Waals surface area (Å²) in [7, 11) is 0. The van der Waals surface area contributed by atoms with Crippen molar-refractivity contribution in [2.75, 3.05) is 18.4 Å². The van der Waals surface area contributed by atoms with Gasteiger partial charge in [-0.2, -0.15) is 0 Å². The molecule has 0 saturated carbocycles. The number of carboxylic acids is 1. The summed E-state index contributed by atoms with van der Waals surface area (Å²) in [4.78, 5) is 29.2. The predicted octanol–water partition coefficient (Wildman–Crippen LogP) is 2.72. The van der Waals surface area contributed by atoms with E-state index in [0.29, 0.717) is 48.6 Å². The van der Waals surface area contributed by atoms with Crippen LogP contribution in [0.2, 0.25) is 0 Å². The maximum Gasteiger partial charge on any atom is 0.321 e. The van der Waals surface area contributed by atoms with Crippen LogP contribution in [0.25, 0.3) is 11.1 Å². The zero-order valence-electron chi connectivity index (χ0n) is 12.9. The third-order valence-corrected chi connectivity index (χ3v) is 4.12. The average molecular weight is 317 g/mol. The van der Waals surface area contributed by atoms with Crippen molar-refractivity contribution in [1.82, 2.24) is 9.88 Å². The highest BCUT2D eigenvalue weighted by Gasteiger charge is 2.27. The predicted molar refractivity (Wildman–Crippen MR) is 84.3 cm³/mol. The van der Waals surface area contributed by atoms with Crippen LogP contribution in [0.5, 0.6) is 0 Å². The number of oxazole rings is 1. The first-order chi connectivity index (χ1) is 11.1. The first-order valence-electron chi connectivity index (χ1n) is 7.75. The molecule has 1 aliphatic heterocycles. The molecular formula is C16H19N3O4. The Bertz CT molecular complexity index is 732. The largest absolute Gasteiger partial charge is 0.481 e. The standard InChI is InChI=1S/C16H19N3O4/c1-2-14-18-12-9-11(3-4-13(12)23-14)17-16(22)19-7-5-10(6-8-19)15(20)21/h3-4,9-10H,2,5-8H2,1H3,(H,17,22)(H,20,21). The molecule has 122 valence electrons. The van der Waals surface area contributed by atoms with Crippen LogP contribution in [0, 0.1) is 5.92 Å². The number of piperidine rings is 1. The Kier molecular flexibility index (Phi) is 4.18. The number of likely N-dealkylation sites (tertiary alicyclic amines) is 1. The number of aryl methyl sites for hydroxylation is 1. The Morgan fingerprint density at radius 3 is 2.78 bits per heavy atom. The van der Waals surface area contributed by atoms with Gasteiger partial charge in [0.25, 0.3) is 0 Å². The van der Waals surface area contributed by atoms with Crippen molar-refractivity contribution in [2.24, 2.45) is 5.92 Å². The quantitative estimate of drug-likeness (QED) is 0.907. The molecular weight excluding hydrogens is 298 g/mol. The summed E-state index contributed by atoms with van der Waals surface area (Å²) in [5.41, 5.74) is 2.06. The van der Waals surface area contributed by atoms with Crippen LogP contribution in [0.4, 0.5) is 10.5 Å². The Hall–Kier alpha value is -2.57. The number of anilines is 1. The van der Waals surface area contributed by atoms with E-state index in [0.717, 1.165) is 6.42 Å². The molecule has 0 radical (unpaired) electrons. The number of rotatable bonds is 3. The minimum atomic E-state index is -0.784. The van der Waals surface area contributed by atoms with Crippen LogP contribution in [0.15, 0.2) is 22.6 Å². The second-order valence-corrected chi connectivity index (χ2v) is 5.67. The lowest BCUT2D eigenvalue weighted by molar-refractivity contribution is -0.143. The minimum Gasteiger partial charge on any atom is -0.481 e. The summed E-state index contributed by atoms with van der Waals surface area (Å²) in [6.45, 7) is 2.87. The number of carbonyl (C=O) groups is 2. The Morgan fingerprint density at radius 2 is 2.13 bits per heavy atom. The van der Waals surface area contributed by atoms with Crippen molar-refractivity contribution in [1.29, 1.82) is 0 Å². The highest BCUT2D eigenvalue weighted by Crippen LogP contribution is 2.22. The molecule has 1 fully saturated rings. The molecule has 1 aromatic carbocycles.